The predicted octanol–water partition coefficient (Wildman–Crippen LogP) is 3.59. The fourth-order valence-electron chi connectivity index (χ4n) is 2.84. The second kappa shape index (κ2) is 11.4. The zero-order chi connectivity index (χ0) is 20.7. The molecule has 3 N–H and O–H groups in total. The minimum absolute atomic E-state index is 0. The van der Waals surface area contributed by atoms with Crippen LogP contribution in [-0.4, -0.2) is 39.3 Å². The van der Waals surface area contributed by atoms with Crippen LogP contribution in [0, 0.1) is 0 Å². The highest BCUT2D eigenvalue weighted by Crippen LogP contribution is 2.51. The predicted molar refractivity (Wildman–Crippen MR) is 135 cm³/mol. The molecule has 1 aliphatic carbocycles. The number of halogens is 1. The van der Waals surface area contributed by atoms with Gasteiger partial charge >= 0.3 is 0 Å². The molecule has 0 aromatic heterocycles. The van der Waals surface area contributed by atoms with Crippen LogP contribution in [0.3, 0.4) is 0 Å². The van der Waals surface area contributed by atoms with Crippen molar-refractivity contribution in [3.05, 3.63) is 60.2 Å². The Balaban J connectivity index is 0.00000320. The first kappa shape index (κ1) is 25.0. The molecule has 1 fully saturated rings. The molecular weight excluding hydrogens is 531 g/mol. The van der Waals surface area contributed by atoms with Crippen LogP contribution in [0.25, 0.3) is 0 Å². The van der Waals surface area contributed by atoms with Gasteiger partial charge in [0.1, 0.15) is 0 Å². The van der Waals surface area contributed by atoms with E-state index in [9.17, 15) is 8.42 Å². The summed E-state index contributed by atoms with van der Waals surface area (Å²) in [5.41, 5.74) is 0.956. The van der Waals surface area contributed by atoms with Crippen LogP contribution in [-0.2, 0) is 16.6 Å². The van der Waals surface area contributed by atoms with E-state index in [4.69, 9.17) is 0 Å². The van der Waals surface area contributed by atoms with Crippen LogP contribution in [0.1, 0.15) is 25.3 Å². The molecule has 0 atom stereocenters. The van der Waals surface area contributed by atoms with Crippen molar-refractivity contribution >= 4 is 51.7 Å². The van der Waals surface area contributed by atoms with Gasteiger partial charge in [-0.3, -0.25) is 0 Å². The van der Waals surface area contributed by atoms with Gasteiger partial charge in [-0.1, -0.05) is 30.3 Å². The van der Waals surface area contributed by atoms with Crippen molar-refractivity contribution in [2.24, 2.45) is 4.99 Å². The molecule has 9 heteroatoms. The fraction of sp³-hybridized carbons (Fsp3) is 0.381. The summed E-state index contributed by atoms with van der Waals surface area (Å²) in [6.45, 7) is 4.16. The molecule has 2 aromatic rings. The molecule has 0 bridgehead atoms. The van der Waals surface area contributed by atoms with E-state index in [0.717, 1.165) is 24.6 Å². The Morgan fingerprint density at radius 2 is 1.73 bits per heavy atom. The Kier molecular flexibility index (Phi) is 9.45. The number of aliphatic imine (C=N–C) groups is 1. The normalized spacial score (nSPS) is 15.2. The number of hydrogen-bond donors (Lipinski definition) is 3. The molecule has 2 aromatic carbocycles. The molecule has 0 spiro atoms. The van der Waals surface area contributed by atoms with E-state index in [2.05, 4.69) is 44.6 Å². The minimum Gasteiger partial charge on any atom is -0.357 e. The smallest absolute Gasteiger partial charge is 0.240 e. The average Bonchev–Trinajstić information content (AvgIpc) is 3.50. The van der Waals surface area contributed by atoms with Crippen LogP contribution >= 0.6 is 35.7 Å². The first-order valence-electron chi connectivity index (χ1n) is 9.75. The highest BCUT2D eigenvalue weighted by molar-refractivity contribution is 14.0. The highest BCUT2D eigenvalue weighted by Gasteiger charge is 2.43. The van der Waals surface area contributed by atoms with E-state index in [1.165, 1.54) is 24.8 Å². The molecule has 30 heavy (non-hydrogen) atoms. The van der Waals surface area contributed by atoms with Crippen molar-refractivity contribution in [1.29, 1.82) is 0 Å². The molecule has 0 aliphatic heterocycles. The molecule has 0 heterocycles. The second-order valence-corrected chi connectivity index (χ2v) is 10.4. The minimum atomic E-state index is -3.41. The molecule has 6 nitrogen and oxygen atoms in total. The third-order valence-corrected chi connectivity index (χ3v) is 7.65. The topological polar surface area (TPSA) is 82.6 Å². The molecule has 1 aliphatic rings. The lowest BCUT2D eigenvalue weighted by Crippen LogP contribution is -2.41. The number of benzene rings is 2. The summed E-state index contributed by atoms with van der Waals surface area (Å²) in [4.78, 5) is 6.21. The van der Waals surface area contributed by atoms with Gasteiger partial charge in [0.15, 0.2) is 5.96 Å². The summed E-state index contributed by atoms with van der Waals surface area (Å²) in [6, 6.07) is 17.3. The van der Waals surface area contributed by atoms with Crippen LogP contribution in [0.5, 0.6) is 0 Å². The lowest BCUT2D eigenvalue weighted by Gasteiger charge is -2.18. The quantitative estimate of drug-likeness (QED) is 0.248. The zero-order valence-corrected chi connectivity index (χ0v) is 21.2. The molecule has 0 unspecified atom stereocenters. The van der Waals surface area contributed by atoms with Gasteiger partial charge in [-0.05, 0) is 56.6 Å². The number of nitrogens with one attached hydrogen (secondary N) is 3. The van der Waals surface area contributed by atoms with Crippen molar-refractivity contribution in [1.82, 2.24) is 15.4 Å². The lowest BCUT2D eigenvalue weighted by molar-refractivity contribution is 0.588. The summed E-state index contributed by atoms with van der Waals surface area (Å²) < 4.78 is 26.2. The van der Waals surface area contributed by atoms with Crippen molar-refractivity contribution in [3.63, 3.8) is 0 Å². The Hall–Kier alpha value is -1.30. The van der Waals surface area contributed by atoms with E-state index >= 15 is 0 Å². The van der Waals surface area contributed by atoms with Gasteiger partial charge in [-0.15, -0.1) is 35.7 Å². The Morgan fingerprint density at radius 1 is 1.07 bits per heavy atom. The molecule has 1 saturated carbocycles. The molecule has 164 valence electrons. The Bertz CT molecular complexity index is 931. The van der Waals surface area contributed by atoms with Gasteiger partial charge in [0.05, 0.1) is 11.4 Å². The number of nitrogens with zero attached hydrogens (tertiary/aromatic N) is 1. The third-order valence-electron chi connectivity index (χ3n) is 4.73. The Labute approximate surface area is 200 Å². The van der Waals surface area contributed by atoms with E-state index in [0.29, 0.717) is 6.54 Å². The van der Waals surface area contributed by atoms with Crippen LogP contribution < -0.4 is 15.4 Å². The number of guanidine groups is 1. The second-order valence-electron chi connectivity index (χ2n) is 7.00. The van der Waals surface area contributed by atoms with Crippen molar-refractivity contribution in [2.75, 3.05) is 20.1 Å². The third kappa shape index (κ3) is 7.14. The largest absolute Gasteiger partial charge is 0.357 e. The van der Waals surface area contributed by atoms with E-state index in [1.807, 2.05) is 24.8 Å². The van der Waals surface area contributed by atoms with Gasteiger partial charge in [0.2, 0.25) is 10.0 Å². The molecule has 0 radical (unpaired) electrons. The monoisotopic (exact) mass is 560 g/mol. The average molecular weight is 561 g/mol. The molecule has 0 amide bonds. The van der Waals surface area contributed by atoms with Gasteiger partial charge in [0, 0.05) is 22.7 Å². The van der Waals surface area contributed by atoms with Crippen molar-refractivity contribution in [2.45, 2.75) is 40.8 Å². The van der Waals surface area contributed by atoms with E-state index in [-0.39, 0.29) is 33.6 Å². The molecular formula is C21H29IN4O2S2. The summed E-state index contributed by atoms with van der Waals surface area (Å²) in [5.74, 6) is 0.777. The van der Waals surface area contributed by atoms with E-state index < -0.39 is 10.0 Å². The van der Waals surface area contributed by atoms with Crippen LogP contribution in [0.15, 0.2) is 69.4 Å². The lowest BCUT2D eigenvalue weighted by atomic mass is 10.2. The fourth-order valence-corrected chi connectivity index (χ4v) is 4.82. The van der Waals surface area contributed by atoms with E-state index in [1.54, 1.807) is 24.3 Å². The molecule has 0 saturated heterocycles. The summed E-state index contributed by atoms with van der Waals surface area (Å²) >= 11 is 1.93. The van der Waals surface area contributed by atoms with Gasteiger partial charge in [-0.2, -0.15) is 0 Å². The zero-order valence-electron chi connectivity index (χ0n) is 17.2. The maximum absolute atomic E-state index is 11.8. The van der Waals surface area contributed by atoms with Gasteiger partial charge < -0.3 is 10.6 Å². The number of hydrogen-bond acceptors (Lipinski definition) is 4. The Morgan fingerprint density at radius 3 is 2.30 bits per heavy atom. The number of rotatable bonds is 9. The number of thioether (sulfide) groups is 1. The van der Waals surface area contributed by atoms with Crippen molar-refractivity contribution in [3.8, 4) is 0 Å². The first-order valence-corrected chi connectivity index (χ1v) is 12.0. The van der Waals surface area contributed by atoms with Crippen LogP contribution in [0.4, 0.5) is 0 Å². The van der Waals surface area contributed by atoms with Crippen molar-refractivity contribution < 1.29 is 8.42 Å². The number of sulfonamides is 1. The summed E-state index contributed by atoms with van der Waals surface area (Å²) in [7, 11) is -2.00. The SMILES string of the molecule is CCNC(=NCc1ccc(S(=O)(=O)NC)cc1)NCC1(Sc2ccccc2)CC1.I. The standard InChI is InChI=1S/C21H28N4O2S2.HI/c1-3-23-20(24-15-17-9-11-19(12-10-17)29(26,27)22-2)25-16-21(13-14-21)28-18-7-5-4-6-8-18;/h4-12,22H,3,13-16H2,1-2H3,(H2,23,24,25);1H. The summed E-state index contributed by atoms with van der Waals surface area (Å²) in [6.07, 6.45) is 2.39. The van der Waals surface area contributed by atoms with Gasteiger partial charge in [0.25, 0.3) is 0 Å². The first-order chi connectivity index (χ1) is 14.0. The van der Waals surface area contributed by atoms with Gasteiger partial charge in [-0.25, -0.2) is 18.1 Å². The summed E-state index contributed by atoms with van der Waals surface area (Å²) in [5, 5.41) is 6.76. The highest BCUT2D eigenvalue weighted by atomic mass is 127. The maximum atomic E-state index is 11.8. The van der Waals surface area contributed by atoms with Crippen LogP contribution in [0.2, 0.25) is 0 Å². The maximum Gasteiger partial charge on any atom is 0.240 e. The molecule has 3 rings (SSSR count).